The fourth-order valence-electron chi connectivity index (χ4n) is 5.48. The number of fused-ring (bicyclic) bond motifs is 1. The maximum atomic E-state index is 13.7. The maximum Gasteiger partial charge on any atom is 0.408 e. The summed E-state index contributed by atoms with van der Waals surface area (Å²) in [6, 6.07) is 27.7. The van der Waals surface area contributed by atoms with Crippen molar-refractivity contribution in [2.45, 2.75) is 95.9 Å². The van der Waals surface area contributed by atoms with Gasteiger partial charge in [-0.2, -0.15) is 0 Å². The van der Waals surface area contributed by atoms with Crippen molar-refractivity contribution in [3.05, 3.63) is 108 Å². The Morgan fingerprint density at radius 3 is 1.85 bits per heavy atom. The lowest BCUT2D eigenvalue weighted by Gasteiger charge is -2.45. The maximum absolute atomic E-state index is 13.7. The highest BCUT2D eigenvalue weighted by Crippen LogP contribution is 2.31. The Bertz CT molecular complexity index is 1390. The Morgan fingerprint density at radius 1 is 0.783 bits per heavy atom. The van der Waals surface area contributed by atoms with Crippen molar-refractivity contribution in [3.63, 3.8) is 0 Å². The van der Waals surface area contributed by atoms with E-state index in [9.17, 15) is 9.59 Å². The first-order valence-electron chi connectivity index (χ1n) is 15.7. The molecule has 0 radical (unpaired) electrons. The number of carbonyl (C=O) groups is 2. The van der Waals surface area contributed by atoms with E-state index in [4.69, 9.17) is 28.4 Å². The molecule has 246 valence electrons. The van der Waals surface area contributed by atoms with Gasteiger partial charge in [0.25, 0.3) is 0 Å². The summed E-state index contributed by atoms with van der Waals surface area (Å²) in [5.41, 5.74) is 2.23. The van der Waals surface area contributed by atoms with Crippen molar-refractivity contribution in [3.8, 4) is 0 Å². The van der Waals surface area contributed by atoms with Gasteiger partial charge < -0.3 is 39.1 Å². The topological polar surface area (TPSA) is 114 Å². The molecule has 2 fully saturated rings. The van der Waals surface area contributed by atoms with E-state index in [0.29, 0.717) is 13.2 Å². The van der Waals surface area contributed by atoms with E-state index in [-0.39, 0.29) is 13.2 Å². The molecule has 0 saturated carbocycles. The first-order valence-corrected chi connectivity index (χ1v) is 15.7. The minimum absolute atomic E-state index is 0.189. The smallest absolute Gasteiger partial charge is 0.408 e. The van der Waals surface area contributed by atoms with Gasteiger partial charge in [-0.1, -0.05) is 91.0 Å². The molecule has 0 spiro atoms. The molecule has 5 rings (SSSR count). The van der Waals surface area contributed by atoms with Gasteiger partial charge in [0.15, 0.2) is 6.29 Å². The van der Waals surface area contributed by atoms with Crippen molar-refractivity contribution >= 4 is 12.0 Å². The minimum Gasteiger partial charge on any atom is -0.444 e. The number of amides is 2. The second-order valence-electron chi connectivity index (χ2n) is 12.6. The van der Waals surface area contributed by atoms with E-state index in [0.717, 1.165) is 16.7 Å². The molecule has 2 aliphatic heterocycles. The van der Waals surface area contributed by atoms with E-state index >= 15 is 0 Å². The van der Waals surface area contributed by atoms with Gasteiger partial charge in [0.2, 0.25) is 5.91 Å². The molecule has 10 nitrogen and oxygen atoms in total. The van der Waals surface area contributed by atoms with Crippen LogP contribution < -0.4 is 10.6 Å². The molecular formula is C36H44N2O8. The molecular weight excluding hydrogens is 588 g/mol. The van der Waals surface area contributed by atoms with Crippen LogP contribution in [0.5, 0.6) is 0 Å². The number of ether oxygens (including phenoxy) is 6. The summed E-state index contributed by atoms with van der Waals surface area (Å²) in [7, 11) is 0. The summed E-state index contributed by atoms with van der Waals surface area (Å²) in [5, 5.41) is 5.71. The fraction of sp³-hybridized carbons (Fsp3) is 0.444. The Hall–Kier alpha value is -3.80. The van der Waals surface area contributed by atoms with Gasteiger partial charge in [0, 0.05) is 0 Å². The van der Waals surface area contributed by atoms with Crippen molar-refractivity contribution < 1.29 is 38.0 Å². The predicted molar refractivity (Wildman–Crippen MR) is 170 cm³/mol. The van der Waals surface area contributed by atoms with Crippen molar-refractivity contribution in [1.82, 2.24) is 10.6 Å². The standard InChI is InChI=1S/C36H44N2O8/c1-24-29(38-35(40)46-36(2,3)4)33(39)37-30-32(43-22-27-18-12-7-13-19-27)31(42-21-26-16-10-6-11-17-26)28(45-34(30)44-24)23-41-20-25-14-8-5-9-15-25/h5-19,24,28-32,34H,20-23H2,1-4H3,(H,37,39)(H,38,40)/t24-,28+,29-,30+,31+,32+,34-/m0/s1. The lowest BCUT2D eigenvalue weighted by Crippen LogP contribution is -2.65. The van der Waals surface area contributed by atoms with Crippen LogP contribution in [-0.4, -0.2) is 67.0 Å². The van der Waals surface area contributed by atoms with Crippen LogP contribution in [0, 0.1) is 0 Å². The van der Waals surface area contributed by atoms with Crippen LogP contribution in [0.3, 0.4) is 0 Å². The lowest BCUT2D eigenvalue weighted by atomic mass is 9.96. The summed E-state index contributed by atoms with van der Waals surface area (Å²) in [5.74, 6) is -0.441. The molecule has 0 aliphatic carbocycles. The van der Waals surface area contributed by atoms with Crippen molar-refractivity contribution in [2.24, 2.45) is 0 Å². The molecule has 2 saturated heterocycles. The Morgan fingerprint density at radius 2 is 1.30 bits per heavy atom. The summed E-state index contributed by atoms with van der Waals surface area (Å²) in [4.78, 5) is 26.3. The van der Waals surface area contributed by atoms with Crippen LogP contribution in [0.25, 0.3) is 0 Å². The number of alkyl carbamates (subject to hydrolysis) is 1. The second kappa shape index (κ2) is 15.7. The fourth-order valence-corrected chi connectivity index (χ4v) is 5.48. The first kappa shape index (κ1) is 33.6. The number of benzene rings is 3. The SMILES string of the molecule is C[C@@H]1O[C@H]2O[C@H](COCc3ccccc3)[C@@H](OCc3ccccc3)[C@H](OCc3ccccc3)[C@H]2NC(=O)[C@H]1NC(=O)OC(C)(C)C. The zero-order valence-electron chi connectivity index (χ0n) is 26.8. The first-order chi connectivity index (χ1) is 22.2. The highest BCUT2D eigenvalue weighted by Gasteiger charge is 2.52. The molecule has 2 amide bonds. The molecule has 2 heterocycles. The Kier molecular flexibility index (Phi) is 11.4. The Balaban J connectivity index is 1.41. The molecule has 0 aromatic heterocycles. The third-order valence-electron chi connectivity index (χ3n) is 7.69. The zero-order chi connectivity index (χ0) is 32.5. The van der Waals surface area contributed by atoms with E-state index < -0.39 is 60.4 Å². The lowest BCUT2D eigenvalue weighted by molar-refractivity contribution is -0.295. The molecule has 3 aromatic carbocycles. The molecule has 46 heavy (non-hydrogen) atoms. The quantitative estimate of drug-likeness (QED) is 0.307. The summed E-state index contributed by atoms with van der Waals surface area (Å²) >= 11 is 0. The van der Waals surface area contributed by atoms with Crippen molar-refractivity contribution in [2.75, 3.05) is 6.61 Å². The van der Waals surface area contributed by atoms with Gasteiger partial charge in [0.1, 0.15) is 36.0 Å². The molecule has 0 bridgehead atoms. The van der Waals surface area contributed by atoms with Gasteiger partial charge in [-0.15, -0.1) is 0 Å². The second-order valence-corrected chi connectivity index (χ2v) is 12.6. The molecule has 10 heteroatoms. The van der Waals surface area contributed by atoms with Crippen LogP contribution >= 0.6 is 0 Å². The largest absolute Gasteiger partial charge is 0.444 e. The summed E-state index contributed by atoms with van der Waals surface area (Å²) in [6.07, 6.45) is -4.31. The van der Waals surface area contributed by atoms with Crippen LogP contribution in [0.2, 0.25) is 0 Å². The van der Waals surface area contributed by atoms with Gasteiger partial charge >= 0.3 is 6.09 Å². The minimum atomic E-state index is -1.03. The van der Waals surface area contributed by atoms with E-state index in [1.807, 2.05) is 91.0 Å². The number of rotatable bonds is 11. The monoisotopic (exact) mass is 632 g/mol. The zero-order valence-corrected chi connectivity index (χ0v) is 26.8. The number of nitrogens with one attached hydrogen (secondary N) is 2. The van der Waals surface area contributed by atoms with Gasteiger partial charge in [-0.3, -0.25) is 4.79 Å². The number of hydrogen-bond donors (Lipinski definition) is 2. The normalized spacial score (nSPS) is 26.3. The molecule has 2 aliphatic rings. The molecule has 2 N–H and O–H groups in total. The van der Waals surface area contributed by atoms with Crippen LogP contribution in [0.4, 0.5) is 4.79 Å². The molecule has 7 atom stereocenters. The van der Waals surface area contributed by atoms with Gasteiger partial charge in [-0.05, 0) is 44.4 Å². The summed E-state index contributed by atoms with van der Waals surface area (Å²) < 4.78 is 37.6. The third-order valence-corrected chi connectivity index (χ3v) is 7.69. The van der Waals surface area contributed by atoms with E-state index in [1.165, 1.54) is 0 Å². The van der Waals surface area contributed by atoms with Gasteiger partial charge in [-0.25, -0.2) is 4.79 Å². The highest BCUT2D eigenvalue weighted by atomic mass is 16.7. The van der Waals surface area contributed by atoms with Gasteiger partial charge in [0.05, 0.1) is 32.5 Å². The van der Waals surface area contributed by atoms with Crippen LogP contribution in [-0.2, 0) is 53.0 Å². The highest BCUT2D eigenvalue weighted by molar-refractivity contribution is 5.86. The van der Waals surface area contributed by atoms with Crippen molar-refractivity contribution in [1.29, 1.82) is 0 Å². The number of hydrogen-bond acceptors (Lipinski definition) is 8. The van der Waals surface area contributed by atoms with E-state index in [2.05, 4.69) is 10.6 Å². The average Bonchev–Trinajstić information content (AvgIpc) is 3.14. The third kappa shape index (κ3) is 9.37. The predicted octanol–water partition coefficient (Wildman–Crippen LogP) is 4.90. The van der Waals surface area contributed by atoms with E-state index in [1.54, 1.807) is 27.7 Å². The average molecular weight is 633 g/mol. The van der Waals surface area contributed by atoms with Crippen LogP contribution in [0.1, 0.15) is 44.4 Å². The Labute approximate surface area is 270 Å². The van der Waals surface area contributed by atoms with Crippen LogP contribution in [0.15, 0.2) is 91.0 Å². The number of carbonyl (C=O) groups excluding carboxylic acids is 2. The summed E-state index contributed by atoms with van der Waals surface area (Å²) in [6.45, 7) is 8.11. The molecule has 3 aromatic rings. The molecule has 0 unspecified atom stereocenters.